The molecule has 228 valence electrons. The van der Waals surface area contributed by atoms with Crippen LogP contribution < -0.4 is 11.2 Å². The highest BCUT2D eigenvalue weighted by Gasteiger charge is 2.55. The average molecular weight is 613 g/mol. The van der Waals surface area contributed by atoms with E-state index < -0.39 is 48.7 Å². The van der Waals surface area contributed by atoms with Crippen molar-refractivity contribution in [3.63, 3.8) is 0 Å². The minimum Gasteiger partial charge on any atom is -0.449 e. The molecule has 4 rings (SSSR count). The van der Waals surface area contributed by atoms with Gasteiger partial charge in [-0.25, -0.2) is 14.4 Å². The van der Waals surface area contributed by atoms with Crippen molar-refractivity contribution >= 4 is 19.5 Å². The number of hydrogen-bond donors (Lipinski definition) is 1. The van der Waals surface area contributed by atoms with Gasteiger partial charge in [0.2, 0.25) is 0 Å². The van der Waals surface area contributed by atoms with Crippen LogP contribution in [0.15, 0.2) is 88.6 Å². The highest BCUT2D eigenvalue weighted by atomic mass is 31.2. The van der Waals surface area contributed by atoms with Gasteiger partial charge in [0.15, 0.2) is 17.9 Å². The lowest BCUT2D eigenvalue weighted by Gasteiger charge is -2.32. The summed E-state index contributed by atoms with van der Waals surface area (Å²) < 4.78 is 43.0. The summed E-state index contributed by atoms with van der Waals surface area (Å²) in [5.74, 6) is -1.55. The highest BCUT2D eigenvalue weighted by Crippen LogP contribution is 2.48. The zero-order chi connectivity index (χ0) is 31.0. The molecule has 1 N–H and O–H groups in total. The number of esters is 2. The van der Waals surface area contributed by atoms with Crippen molar-refractivity contribution in [2.45, 2.75) is 38.7 Å². The quantitative estimate of drug-likeness (QED) is 0.180. The lowest BCUT2D eigenvalue weighted by Crippen LogP contribution is -2.49. The molecule has 2 aromatic carbocycles. The number of aromatic nitrogens is 2. The Morgan fingerprint density at radius 1 is 1.00 bits per heavy atom. The topological polar surface area (TPSA) is 152 Å². The van der Waals surface area contributed by atoms with Crippen LogP contribution in [-0.2, 0) is 27.8 Å². The van der Waals surface area contributed by atoms with Crippen molar-refractivity contribution < 1.29 is 37.4 Å². The lowest BCUT2D eigenvalue weighted by atomic mass is 9.97. The number of nitrogens with one attached hydrogen (secondary N) is 1. The summed E-state index contributed by atoms with van der Waals surface area (Å²) in [5.41, 5.74) is -2.63. The number of H-pyrrole nitrogens is 1. The highest BCUT2D eigenvalue weighted by molar-refractivity contribution is 7.54. The van der Waals surface area contributed by atoms with Gasteiger partial charge in [0.25, 0.3) is 5.56 Å². The fourth-order valence-corrected chi connectivity index (χ4v) is 5.97. The van der Waals surface area contributed by atoms with E-state index in [1.165, 1.54) is 37.4 Å². The van der Waals surface area contributed by atoms with Gasteiger partial charge in [-0.05, 0) is 51.1 Å². The maximum absolute atomic E-state index is 13.4. The van der Waals surface area contributed by atoms with E-state index in [-0.39, 0.29) is 42.7 Å². The molecule has 12 nitrogen and oxygen atoms in total. The summed E-state index contributed by atoms with van der Waals surface area (Å²) in [4.78, 5) is 54.0. The summed E-state index contributed by atoms with van der Waals surface area (Å²) in [6.45, 7) is 4.76. The van der Waals surface area contributed by atoms with Crippen molar-refractivity contribution in [3.05, 3.63) is 117 Å². The van der Waals surface area contributed by atoms with E-state index in [0.29, 0.717) is 0 Å². The number of carbonyl (C=O) groups is 2. The monoisotopic (exact) mass is 612 g/mol. The summed E-state index contributed by atoms with van der Waals surface area (Å²) in [6, 6.07) is 16.2. The Hall–Kier alpha value is -4.09. The minimum atomic E-state index is -3.56. The molecule has 0 radical (unpaired) electrons. The van der Waals surface area contributed by atoms with E-state index in [2.05, 4.69) is 4.98 Å². The number of rotatable bonds is 12. The van der Waals surface area contributed by atoms with Gasteiger partial charge in [0, 0.05) is 11.8 Å². The number of ether oxygens (including phenoxy) is 3. The average Bonchev–Trinajstić information content (AvgIpc) is 3.32. The third-order valence-corrected chi connectivity index (χ3v) is 8.52. The molecule has 0 unspecified atom stereocenters. The molecule has 0 aliphatic carbocycles. The fourth-order valence-electron chi connectivity index (χ4n) is 4.53. The van der Waals surface area contributed by atoms with E-state index in [9.17, 15) is 23.7 Å². The van der Waals surface area contributed by atoms with Crippen LogP contribution in [0.4, 0.5) is 0 Å². The number of aromatic amines is 1. The Kier molecular flexibility index (Phi) is 10.3. The predicted octanol–water partition coefficient (Wildman–Crippen LogP) is 4.02. The van der Waals surface area contributed by atoms with Gasteiger partial charge >= 0.3 is 25.2 Å². The van der Waals surface area contributed by atoms with Crippen LogP contribution in [0.2, 0.25) is 0 Å². The number of allylic oxidation sites excluding steroid dienone is 1. The van der Waals surface area contributed by atoms with Crippen molar-refractivity contribution in [1.29, 1.82) is 0 Å². The molecular weight excluding hydrogens is 579 g/mol. The zero-order valence-corrected chi connectivity index (χ0v) is 24.9. The fraction of sp³-hybridized carbons (Fsp3) is 0.333. The van der Waals surface area contributed by atoms with E-state index in [4.69, 9.17) is 23.3 Å². The first-order valence-electron chi connectivity index (χ1n) is 13.7. The second kappa shape index (κ2) is 13.9. The molecule has 2 heterocycles. The van der Waals surface area contributed by atoms with Crippen molar-refractivity contribution in [2.75, 3.05) is 26.0 Å². The second-order valence-corrected chi connectivity index (χ2v) is 11.7. The smallest absolute Gasteiger partial charge is 0.339 e. The van der Waals surface area contributed by atoms with Gasteiger partial charge in [0.1, 0.15) is 0 Å². The van der Waals surface area contributed by atoms with Gasteiger partial charge in [0.05, 0.1) is 37.1 Å². The molecule has 13 heteroatoms. The molecular formula is C30H33N2O10P. The van der Waals surface area contributed by atoms with E-state index in [0.717, 1.165) is 4.57 Å². The summed E-state index contributed by atoms with van der Waals surface area (Å²) in [7, 11) is -3.56. The van der Waals surface area contributed by atoms with Crippen LogP contribution in [0.5, 0.6) is 0 Å². The Balaban J connectivity index is 1.82. The number of nitrogens with zero attached hydrogens (tertiary/aromatic N) is 1. The Bertz CT molecular complexity index is 1610. The molecule has 3 atom stereocenters. The summed E-state index contributed by atoms with van der Waals surface area (Å²) >= 11 is 0. The van der Waals surface area contributed by atoms with Gasteiger partial charge in [-0.1, -0.05) is 42.5 Å². The predicted molar refractivity (Wildman–Crippen MR) is 156 cm³/mol. The molecule has 0 bridgehead atoms. The molecule has 1 aliphatic heterocycles. The first-order chi connectivity index (χ1) is 20.6. The molecule has 3 aromatic rings. The maximum Gasteiger partial charge on any atom is 0.339 e. The van der Waals surface area contributed by atoms with Gasteiger partial charge < -0.3 is 23.3 Å². The first kappa shape index (κ1) is 31.8. The third-order valence-electron chi connectivity index (χ3n) is 6.56. The van der Waals surface area contributed by atoms with Gasteiger partial charge in [-0.3, -0.25) is 18.9 Å². The lowest BCUT2D eigenvalue weighted by molar-refractivity contribution is -0.0687. The molecule has 43 heavy (non-hydrogen) atoms. The van der Waals surface area contributed by atoms with E-state index in [1.807, 2.05) is 0 Å². The Morgan fingerprint density at radius 3 is 2.16 bits per heavy atom. The summed E-state index contributed by atoms with van der Waals surface area (Å²) in [5, 5.41) is 0. The van der Waals surface area contributed by atoms with E-state index >= 15 is 0 Å². The van der Waals surface area contributed by atoms with Crippen LogP contribution >= 0.6 is 7.60 Å². The maximum atomic E-state index is 13.4. The molecule has 1 saturated heterocycles. The van der Waals surface area contributed by atoms with Crippen LogP contribution in [-0.4, -0.2) is 59.2 Å². The molecule has 0 saturated carbocycles. The second-order valence-electron chi connectivity index (χ2n) is 9.61. The van der Waals surface area contributed by atoms with Crippen LogP contribution in [0.1, 0.15) is 46.4 Å². The largest absolute Gasteiger partial charge is 0.449 e. The molecule has 1 aromatic heterocycles. The molecule has 0 amide bonds. The van der Waals surface area contributed by atoms with Crippen LogP contribution in [0.25, 0.3) is 0 Å². The molecule has 0 spiro atoms. The van der Waals surface area contributed by atoms with Crippen molar-refractivity contribution in [1.82, 2.24) is 9.55 Å². The first-order valence-corrected chi connectivity index (χ1v) is 15.4. The Labute approximate surface area is 247 Å². The third kappa shape index (κ3) is 7.47. The van der Waals surface area contributed by atoms with Crippen LogP contribution in [0, 0.1) is 6.92 Å². The summed E-state index contributed by atoms with van der Waals surface area (Å²) in [6.07, 6.45) is 1.17. The SMILES string of the molecule is CCOP(=O)(C/C=C/[C@@]1(OC(=O)c2ccccc2)CO[C@@H](n2cc(C)c(=O)[nH]c2=O)[C@@H]1OC(=O)c1ccccc1)OCC. The molecule has 1 fully saturated rings. The number of aryl methyl sites for hydroxylation is 1. The number of hydrogen-bond acceptors (Lipinski definition) is 10. The van der Waals surface area contributed by atoms with Crippen molar-refractivity contribution in [3.8, 4) is 0 Å². The minimum absolute atomic E-state index is 0.135. The van der Waals surface area contributed by atoms with Crippen LogP contribution in [0.3, 0.4) is 0 Å². The number of carbonyl (C=O) groups excluding carboxylic acids is 2. The Morgan fingerprint density at radius 2 is 1.58 bits per heavy atom. The van der Waals surface area contributed by atoms with Gasteiger partial charge in [-0.2, -0.15) is 0 Å². The zero-order valence-electron chi connectivity index (χ0n) is 24.0. The number of benzene rings is 2. The standard InChI is InChI=1S/C30H33N2O10P/c1-4-39-43(37,40-5-2)18-12-17-30(42-28(35)23-15-10-7-11-16-23)20-38-26(32-19-21(3)25(33)31-29(32)36)24(30)41-27(34)22-13-8-6-9-14-22/h6-17,19,24,26H,4-5,18,20H2,1-3H3,(H,31,33,36)/b17-12+/t24-,26+,30+/m0/s1. The van der Waals surface area contributed by atoms with Crippen molar-refractivity contribution in [2.24, 2.45) is 0 Å². The molecule has 1 aliphatic rings. The van der Waals surface area contributed by atoms with E-state index in [1.54, 1.807) is 62.4 Å². The normalized spacial score (nSPS) is 20.3. The van der Waals surface area contributed by atoms with Gasteiger partial charge in [-0.15, -0.1) is 0 Å².